The van der Waals surface area contributed by atoms with Gasteiger partial charge in [0.2, 0.25) is 0 Å². The molecule has 1 aromatic heterocycles. The Hall–Kier alpha value is -1.58. The van der Waals surface area contributed by atoms with E-state index in [0.29, 0.717) is 6.42 Å². The van der Waals surface area contributed by atoms with Crippen LogP contribution in [0.2, 0.25) is 0 Å². The van der Waals surface area contributed by atoms with Crippen molar-refractivity contribution in [2.45, 2.75) is 19.3 Å². The van der Waals surface area contributed by atoms with Gasteiger partial charge in [-0.25, -0.2) is 0 Å². The molecule has 0 bridgehead atoms. The highest BCUT2D eigenvalue weighted by molar-refractivity contribution is 5.52. The van der Waals surface area contributed by atoms with Crippen LogP contribution >= 0.6 is 0 Å². The molecule has 0 radical (unpaired) electrons. The van der Waals surface area contributed by atoms with E-state index in [1.165, 1.54) is 0 Å². The Morgan fingerprint density at radius 1 is 1.44 bits per heavy atom. The number of carbonyl (C=O) groups excluding carboxylic acids is 1. The van der Waals surface area contributed by atoms with Gasteiger partial charge in [0.25, 0.3) is 5.56 Å². The van der Waals surface area contributed by atoms with Gasteiger partial charge in [-0.3, -0.25) is 4.79 Å². The number of aromatic nitrogens is 1. The summed E-state index contributed by atoms with van der Waals surface area (Å²) in [6, 6.07) is 1.64. The third kappa shape index (κ3) is 2.95. The number of carbonyl (C=O) groups is 1. The van der Waals surface area contributed by atoms with Crippen molar-refractivity contribution in [2.24, 2.45) is 7.05 Å². The van der Waals surface area contributed by atoms with Crippen molar-refractivity contribution in [1.29, 1.82) is 0 Å². The van der Waals surface area contributed by atoms with Crippen molar-refractivity contribution in [3.63, 3.8) is 0 Å². The first-order valence-electron chi connectivity index (χ1n) is 5.36. The zero-order valence-electron chi connectivity index (χ0n) is 10.1. The third-order valence-corrected chi connectivity index (χ3v) is 2.54. The smallest absolute Gasteiger partial charge is 0.252 e. The summed E-state index contributed by atoms with van der Waals surface area (Å²) >= 11 is 0. The first-order chi connectivity index (χ1) is 7.56. The molecular formula is C12H18N2O2. The van der Waals surface area contributed by atoms with E-state index in [9.17, 15) is 9.59 Å². The Labute approximate surface area is 95.5 Å². The summed E-state index contributed by atoms with van der Waals surface area (Å²) in [4.78, 5) is 23.7. The number of hydrogen-bond donors (Lipinski definition) is 0. The van der Waals surface area contributed by atoms with Crippen molar-refractivity contribution in [1.82, 2.24) is 4.57 Å². The minimum absolute atomic E-state index is 0.0113. The van der Waals surface area contributed by atoms with Gasteiger partial charge in [-0.1, -0.05) is 0 Å². The molecule has 0 fully saturated rings. The molecule has 16 heavy (non-hydrogen) atoms. The Kier molecular flexibility index (Phi) is 4.28. The summed E-state index contributed by atoms with van der Waals surface area (Å²) in [7, 11) is 5.57. The average molecular weight is 222 g/mol. The van der Waals surface area contributed by atoms with Gasteiger partial charge >= 0.3 is 0 Å². The zero-order valence-corrected chi connectivity index (χ0v) is 10.1. The van der Waals surface area contributed by atoms with Gasteiger partial charge in [0.1, 0.15) is 6.29 Å². The van der Waals surface area contributed by atoms with E-state index < -0.39 is 0 Å². The summed E-state index contributed by atoms with van der Waals surface area (Å²) in [5.74, 6) is 0. The van der Waals surface area contributed by atoms with Crippen LogP contribution in [0.1, 0.15) is 18.4 Å². The van der Waals surface area contributed by atoms with Gasteiger partial charge in [0.15, 0.2) is 0 Å². The maximum atomic E-state index is 11.5. The largest absolute Gasteiger partial charge is 0.377 e. The number of unbranched alkanes of at least 4 members (excludes halogenated alkanes) is 1. The molecule has 0 aliphatic carbocycles. The van der Waals surface area contributed by atoms with Crippen LogP contribution in [0.25, 0.3) is 0 Å². The molecule has 0 aromatic carbocycles. The second-order valence-electron chi connectivity index (χ2n) is 4.09. The highest BCUT2D eigenvalue weighted by Crippen LogP contribution is 2.17. The standard InChI is InChI=1S/C12H18N2O2/c1-13(2)11-8-12(16)14(3)9-10(11)6-4-5-7-15/h7-9H,4-6H2,1-3H3. The molecule has 0 aliphatic heterocycles. The predicted molar refractivity (Wildman–Crippen MR) is 65.0 cm³/mol. The molecule has 1 aromatic rings. The molecule has 4 heteroatoms. The van der Waals surface area contributed by atoms with E-state index in [-0.39, 0.29) is 5.56 Å². The molecule has 0 amide bonds. The highest BCUT2D eigenvalue weighted by Gasteiger charge is 2.06. The lowest BCUT2D eigenvalue weighted by Crippen LogP contribution is -2.21. The fourth-order valence-electron chi connectivity index (χ4n) is 1.66. The molecular weight excluding hydrogens is 204 g/mol. The van der Waals surface area contributed by atoms with Gasteiger partial charge in [0.05, 0.1) is 0 Å². The second kappa shape index (κ2) is 5.49. The van der Waals surface area contributed by atoms with Crippen molar-refractivity contribution in [2.75, 3.05) is 19.0 Å². The number of aryl methyl sites for hydroxylation is 2. The summed E-state index contributed by atoms with van der Waals surface area (Å²) in [5.41, 5.74) is 2.03. The van der Waals surface area contributed by atoms with Crippen LogP contribution in [-0.4, -0.2) is 24.9 Å². The van der Waals surface area contributed by atoms with Gasteiger partial charge in [0, 0.05) is 45.5 Å². The molecule has 4 nitrogen and oxygen atoms in total. The van der Waals surface area contributed by atoms with Gasteiger partial charge < -0.3 is 14.3 Å². The van der Waals surface area contributed by atoms with Crippen LogP contribution in [0.5, 0.6) is 0 Å². The quantitative estimate of drug-likeness (QED) is 0.551. The monoisotopic (exact) mass is 222 g/mol. The van der Waals surface area contributed by atoms with E-state index in [4.69, 9.17) is 0 Å². The first-order valence-corrected chi connectivity index (χ1v) is 5.36. The Balaban J connectivity index is 3.00. The third-order valence-electron chi connectivity index (χ3n) is 2.54. The molecule has 1 heterocycles. The number of hydrogen-bond acceptors (Lipinski definition) is 3. The molecule has 0 saturated heterocycles. The van der Waals surface area contributed by atoms with E-state index in [0.717, 1.165) is 30.4 Å². The van der Waals surface area contributed by atoms with Crippen LogP contribution in [0.15, 0.2) is 17.1 Å². The Bertz CT molecular complexity index is 422. The van der Waals surface area contributed by atoms with Gasteiger partial charge in [-0.2, -0.15) is 0 Å². The minimum atomic E-state index is -0.0113. The van der Waals surface area contributed by atoms with Crippen molar-refractivity contribution < 1.29 is 4.79 Å². The van der Waals surface area contributed by atoms with Crippen molar-refractivity contribution in [3.8, 4) is 0 Å². The maximum Gasteiger partial charge on any atom is 0.252 e. The van der Waals surface area contributed by atoms with Gasteiger partial charge in [-0.15, -0.1) is 0 Å². The topological polar surface area (TPSA) is 42.3 Å². The molecule has 0 N–H and O–H groups in total. The summed E-state index contributed by atoms with van der Waals surface area (Å²) in [6.07, 6.45) is 4.98. The van der Waals surface area contributed by atoms with Crippen molar-refractivity contribution in [3.05, 3.63) is 28.2 Å². The number of aldehydes is 1. The van der Waals surface area contributed by atoms with E-state index in [1.807, 2.05) is 25.2 Å². The number of pyridine rings is 1. The second-order valence-corrected chi connectivity index (χ2v) is 4.09. The molecule has 1 rings (SSSR count). The van der Waals surface area contributed by atoms with Gasteiger partial charge in [-0.05, 0) is 18.4 Å². The van der Waals surface area contributed by atoms with Crippen LogP contribution in [0.3, 0.4) is 0 Å². The molecule has 0 saturated carbocycles. The fraction of sp³-hybridized carbons (Fsp3) is 0.500. The average Bonchev–Trinajstić information content (AvgIpc) is 2.23. The van der Waals surface area contributed by atoms with Crippen LogP contribution in [0.4, 0.5) is 5.69 Å². The highest BCUT2D eigenvalue weighted by atomic mass is 16.1. The van der Waals surface area contributed by atoms with Crippen LogP contribution in [0, 0.1) is 0 Å². The maximum absolute atomic E-state index is 11.5. The fourth-order valence-corrected chi connectivity index (χ4v) is 1.66. The Morgan fingerprint density at radius 2 is 2.12 bits per heavy atom. The number of anilines is 1. The van der Waals surface area contributed by atoms with Crippen LogP contribution in [-0.2, 0) is 18.3 Å². The molecule has 0 spiro atoms. The first kappa shape index (κ1) is 12.5. The number of nitrogens with zero attached hydrogens (tertiary/aromatic N) is 2. The van der Waals surface area contributed by atoms with E-state index in [1.54, 1.807) is 17.7 Å². The van der Waals surface area contributed by atoms with Crippen LogP contribution < -0.4 is 10.5 Å². The molecule has 0 unspecified atom stereocenters. The summed E-state index contributed by atoms with van der Waals surface area (Å²) < 4.78 is 1.57. The number of rotatable bonds is 5. The van der Waals surface area contributed by atoms with Crippen molar-refractivity contribution >= 4 is 12.0 Å². The predicted octanol–water partition coefficient (Wildman–Crippen LogP) is 0.973. The molecule has 88 valence electrons. The normalized spacial score (nSPS) is 10.2. The molecule has 0 atom stereocenters. The minimum Gasteiger partial charge on any atom is -0.377 e. The molecule has 0 aliphatic rings. The SMILES string of the molecule is CN(C)c1cc(=O)n(C)cc1CCCC=O. The van der Waals surface area contributed by atoms with E-state index >= 15 is 0 Å². The van der Waals surface area contributed by atoms with E-state index in [2.05, 4.69) is 0 Å². The summed E-state index contributed by atoms with van der Waals surface area (Å²) in [6.45, 7) is 0. The lowest BCUT2D eigenvalue weighted by molar-refractivity contribution is -0.107. The lowest BCUT2D eigenvalue weighted by atomic mass is 10.1. The zero-order chi connectivity index (χ0) is 12.1. The lowest BCUT2D eigenvalue weighted by Gasteiger charge is -2.17. The summed E-state index contributed by atoms with van der Waals surface area (Å²) in [5, 5.41) is 0. The Morgan fingerprint density at radius 3 is 2.69 bits per heavy atom.